The number of thiazole rings is 1. The zero-order valence-corrected chi connectivity index (χ0v) is 13.1. The van der Waals surface area contributed by atoms with Crippen molar-refractivity contribution in [1.82, 2.24) is 10.3 Å². The van der Waals surface area contributed by atoms with Crippen LogP contribution in [0.15, 0.2) is 58.7 Å². The number of carbonyl (C=O) groups is 1. The number of hydrogen-bond donors (Lipinski definition) is 2. The topological polar surface area (TPSA) is 75.4 Å². The van der Waals surface area contributed by atoms with E-state index in [0.717, 1.165) is 16.1 Å². The van der Waals surface area contributed by atoms with Gasteiger partial charge < -0.3 is 14.8 Å². The van der Waals surface area contributed by atoms with Gasteiger partial charge in [-0.15, -0.1) is 11.3 Å². The van der Waals surface area contributed by atoms with E-state index in [0.29, 0.717) is 12.1 Å². The molecule has 0 saturated carbocycles. The largest absolute Gasteiger partial charge is 0.472 e. The first-order chi connectivity index (χ1) is 11.3. The summed E-state index contributed by atoms with van der Waals surface area (Å²) in [7, 11) is 0. The van der Waals surface area contributed by atoms with Crippen LogP contribution >= 0.6 is 11.3 Å². The van der Waals surface area contributed by atoms with Crippen LogP contribution in [0.25, 0.3) is 10.6 Å². The second kappa shape index (κ2) is 7.21. The Morgan fingerprint density at radius 1 is 1.30 bits per heavy atom. The number of rotatable bonds is 6. The fourth-order valence-corrected chi connectivity index (χ4v) is 3.00. The number of carbonyl (C=O) groups excluding carboxylic acids is 1. The molecule has 5 nitrogen and oxygen atoms in total. The zero-order chi connectivity index (χ0) is 16.1. The van der Waals surface area contributed by atoms with Gasteiger partial charge in [0.25, 0.3) is 5.91 Å². The number of amides is 1. The molecule has 1 atom stereocenters. The molecule has 3 aromatic rings. The first kappa shape index (κ1) is 15.5. The van der Waals surface area contributed by atoms with Gasteiger partial charge in [-0.25, -0.2) is 4.98 Å². The predicted molar refractivity (Wildman–Crippen MR) is 88.3 cm³/mol. The van der Waals surface area contributed by atoms with E-state index < -0.39 is 0 Å². The molecule has 1 unspecified atom stereocenters. The standard InChI is InChI=1S/C17H16N2O3S/c20-9-14(8-12-4-2-1-3-5-12)18-16(21)15-11-23-17(19-15)13-6-7-22-10-13/h1-7,10-11,14,20H,8-9H2,(H,18,21). The van der Waals surface area contributed by atoms with E-state index >= 15 is 0 Å². The molecule has 0 aliphatic heterocycles. The van der Waals surface area contributed by atoms with Crippen LogP contribution in [-0.2, 0) is 6.42 Å². The first-order valence-corrected chi connectivity index (χ1v) is 8.08. The summed E-state index contributed by atoms with van der Waals surface area (Å²) in [5.41, 5.74) is 2.25. The second-order valence-corrected chi connectivity index (χ2v) is 5.95. The van der Waals surface area contributed by atoms with E-state index in [-0.39, 0.29) is 18.6 Å². The van der Waals surface area contributed by atoms with Gasteiger partial charge in [-0.1, -0.05) is 30.3 Å². The normalized spacial score (nSPS) is 12.0. The summed E-state index contributed by atoms with van der Waals surface area (Å²) >= 11 is 1.38. The van der Waals surface area contributed by atoms with Gasteiger partial charge in [-0.2, -0.15) is 0 Å². The summed E-state index contributed by atoms with van der Waals surface area (Å²) in [6.07, 6.45) is 3.73. The SMILES string of the molecule is O=C(NC(CO)Cc1ccccc1)c1csc(-c2ccoc2)n1. The Bertz CT molecular complexity index is 753. The van der Waals surface area contributed by atoms with Crippen molar-refractivity contribution in [3.8, 4) is 10.6 Å². The molecule has 0 bridgehead atoms. The van der Waals surface area contributed by atoms with Gasteiger partial charge >= 0.3 is 0 Å². The maximum absolute atomic E-state index is 12.3. The van der Waals surface area contributed by atoms with Crippen LogP contribution < -0.4 is 5.32 Å². The fourth-order valence-electron chi connectivity index (χ4n) is 2.22. The molecule has 2 heterocycles. The number of aromatic nitrogens is 1. The number of nitrogens with one attached hydrogen (secondary N) is 1. The van der Waals surface area contributed by atoms with Gasteiger partial charge in [0.2, 0.25) is 0 Å². The molecule has 0 spiro atoms. The Labute approximate surface area is 137 Å². The van der Waals surface area contributed by atoms with Gasteiger partial charge in [0.1, 0.15) is 17.0 Å². The molecule has 0 saturated heterocycles. The second-order valence-electron chi connectivity index (χ2n) is 5.09. The Morgan fingerprint density at radius 3 is 2.83 bits per heavy atom. The molecular formula is C17H16N2O3S. The van der Waals surface area contributed by atoms with Crippen molar-refractivity contribution < 1.29 is 14.3 Å². The highest BCUT2D eigenvalue weighted by molar-refractivity contribution is 7.13. The van der Waals surface area contributed by atoms with Crippen LogP contribution in [0.3, 0.4) is 0 Å². The number of hydrogen-bond acceptors (Lipinski definition) is 5. The lowest BCUT2D eigenvalue weighted by atomic mass is 10.1. The number of benzene rings is 1. The van der Waals surface area contributed by atoms with Crippen LogP contribution in [0.4, 0.5) is 0 Å². The molecular weight excluding hydrogens is 312 g/mol. The van der Waals surface area contributed by atoms with Crippen molar-refractivity contribution >= 4 is 17.2 Å². The summed E-state index contributed by atoms with van der Waals surface area (Å²) in [5.74, 6) is -0.286. The molecule has 0 radical (unpaired) electrons. The Hall–Kier alpha value is -2.44. The number of aliphatic hydroxyl groups excluding tert-OH is 1. The van der Waals surface area contributed by atoms with Crippen LogP contribution in [0.1, 0.15) is 16.1 Å². The summed E-state index contributed by atoms with van der Waals surface area (Å²) in [5, 5.41) is 14.7. The van der Waals surface area contributed by atoms with Crippen LogP contribution in [0, 0.1) is 0 Å². The van der Waals surface area contributed by atoms with Crippen molar-refractivity contribution in [2.45, 2.75) is 12.5 Å². The monoisotopic (exact) mass is 328 g/mol. The highest BCUT2D eigenvalue weighted by Gasteiger charge is 2.17. The third kappa shape index (κ3) is 3.85. The average molecular weight is 328 g/mol. The smallest absolute Gasteiger partial charge is 0.271 e. The number of nitrogens with zero attached hydrogens (tertiary/aromatic N) is 1. The molecule has 23 heavy (non-hydrogen) atoms. The molecule has 1 aromatic carbocycles. The third-order valence-corrected chi connectivity index (χ3v) is 4.28. The lowest BCUT2D eigenvalue weighted by Gasteiger charge is -2.15. The van der Waals surface area contributed by atoms with Crippen molar-refractivity contribution in [2.75, 3.05) is 6.61 Å². The van der Waals surface area contributed by atoms with Crippen molar-refractivity contribution in [3.63, 3.8) is 0 Å². The van der Waals surface area contributed by atoms with E-state index in [9.17, 15) is 9.90 Å². The molecule has 6 heteroatoms. The first-order valence-electron chi connectivity index (χ1n) is 7.20. The maximum atomic E-state index is 12.3. The Balaban J connectivity index is 1.65. The Kier molecular flexibility index (Phi) is 4.85. The molecule has 2 N–H and O–H groups in total. The van der Waals surface area contributed by atoms with Gasteiger partial charge in [0, 0.05) is 10.9 Å². The zero-order valence-electron chi connectivity index (χ0n) is 12.3. The summed E-state index contributed by atoms with van der Waals surface area (Å²) < 4.78 is 5.02. The van der Waals surface area contributed by atoms with Crippen LogP contribution in [0.2, 0.25) is 0 Å². The minimum absolute atomic E-state index is 0.126. The highest BCUT2D eigenvalue weighted by Crippen LogP contribution is 2.23. The van der Waals surface area contributed by atoms with Crippen molar-refractivity contribution in [1.29, 1.82) is 0 Å². The molecule has 118 valence electrons. The quantitative estimate of drug-likeness (QED) is 0.729. The number of aliphatic hydroxyl groups is 1. The van der Waals surface area contributed by atoms with Gasteiger partial charge in [0.05, 0.1) is 18.9 Å². The molecule has 3 rings (SSSR count). The lowest BCUT2D eigenvalue weighted by molar-refractivity contribution is 0.0912. The molecule has 1 amide bonds. The summed E-state index contributed by atoms with van der Waals surface area (Å²) in [4.78, 5) is 16.6. The molecule has 2 aromatic heterocycles. The van der Waals surface area contributed by atoms with Crippen LogP contribution in [-0.4, -0.2) is 28.6 Å². The Morgan fingerprint density at radius 2 is 2.13 bits per heavy atom. The van der Waals surface area contributed by atoms with E-state index in [1.165, 1.54) is 11.3 Å². The summed E-state index contributed by atoms with van der Waals surface area (Å²) in [6.45, 7) is -0.126. The fraction of sp³-hybridized carbons (Fsp3) is 0.176. The minimum Gasteiger partial charge on any atom is -0.472 e. The molecule has 0 aliphatic carbocycles. The molecule has 0 aliphatic rings. The average Bonchev–Trinajstić information content (AvgIpc) is 3.26. The van der Waals surface area contributed by atoms with Gasteiger partial charge in [-0.3, -0.25) is 4.79 Å². The van der Waals surface area contributed by atoms with Crippen LogP contribution in [0.5, 0.6) is 0 Å². The van der Waals surface area contributed by atoms with E-state index in [1.54, 1.807) is 24.0 Å². The van der Waals surface area contributed by atoms with E-state index in [2.05, 4.69) is 10.3 Å². The third-order valence-electron chi connectivity index (χ3n) is 3.39. The van der Waals surface area contributed by atoms with Gasteiger partial charge in [0.15, 0.2) is 0 Å². The van der Waals surface area contributed by atoms with Gasteiger partial charge in [-0.05, 0) is 18.1 Å². The van der Waals surface area contributed by atoms with Crippen molar-refractivity contribution in [3.05, 3.63) is 65.6 Å². The maximum Gasteiger partial charge on any atom is 0.271 e. The van der Waals surface area contributed by atoms with Crippen molar-refractivity contribution in [2.24, 2.45) is 0 Å². The lowest BCUT2D eigenvalue weighted by Crippen LogP contribution is -2.39. The summed E-state index contributed by atoms with van der Waals surface area (Å²) in [6, 6.07) is 11.2. The highest BCUT2D eigenvalue weighted by atomic mass is 32.1. The minimum atomic E-state index is -0.344. The number of furan rings is 1. The van der Waals surface area contributed by atoms with E-state index in [4.69, 9.17) is 4.42 Å². The van der Waals surface area contributed by atoms with E-state index in [1.807, 2.05) is 30.3 Å². The molecule has 0 fully saturated rings. The predicted octanol–water partition coefficient (Wildman–Crippen LogP) is 2.74.